The predicted molar refractivity (Wildman–Crippen MR) is 116 cm³/mol. The second-order valence-electron chi connectivity index (χ2n) is 6.20. The first-order valence-corrected chi connectivity index (χ1v) is 9.94. The summed E-state index contributed by atoms with van der Waals surface area (Å²) in [6.45, 7) is -0.118. The van der Waals surface area contributed by atoms with Gasteiger partial charge in [-0.2, -0.15) is 0 Å². The van der Waals surface area contributed by atoms with Crippen LogP contribution in [0.2, 0.25) is 5.02 Å². The molecule has 0 bridgehead atoms. The number of amides is 3. The predicted octanol–water partition coefficient (Wildman–Crippen LogP) is 4.36. The van der Waals surface area contributed by atoms with Crippen molar-refractivity contribution in [2.45, 2.75) is 0 Å². The highest BCUT2D eigenvalue weighted by Crippen LogP contribution is 2.25. The molecule has 8 heteroatoms. The minimum absolute atomic E-state index is 0.118. The summed E-state index contributed by atoms with van der Waals surface area (Å²) >= 11 is 7.46. The van der Waals surface area contributed by atoms with E-state index in [2.05, 4.69) is 10.6 Å². The first-order valence-electron chi connectivity index (χ1n) is 8.69. The second kappa shape index (κ2) is 9.36. The SMILES string of the molecule is CN(CC(=O)Nc1ccccc1)C(=O)c1ccc(Cl)c(NC(=O)c2cccs2)c1. The summed E-state index contributed by atoms with van der Waals surface area (Å²) in [5.74, 6) is -0.981. The zero-order valence-electron chi connectivity index (χ0n) is 15.5. The van der Waals surface area contributed by atoms with E-state index in [1.165, 1.54) is 35.4 Å². The average molecular weight is 428 g/mol. The van der Waals surface area contributed by atoms with Gasteiger partial charge in [0.2, 0.25) is 5.91 Å². The van der Waals surface area contributed by atoms with Crippen LogP contribution in [0.4, 0.5) is 11.4 Å². The Hall–Kier alpha value is -3.16. The van der Waals surface area contributed by atoms with E-state index in [-0.39, 0.29) is 24.3 Å². The maximum atomic E-state index is 12.7. The van der Waals surface area contributed by atoms with E-state index in [0.717, 1.165) is 0 Å². The van der Waals surface area contributed by atoms with Crippen LogP contribution in [-0.4, -0.2) is 36.2 Å². The van der Waals surface area contributed by atoms with E-state index in [1.807, 2.05) is 18.2 Å². The Labute approximate surface area is 177 Å². The lowest BCUT2D eigenvalue weighted by Crippen LogP contribution is -2.35. The molecule has 6 nitrogen and oxygen atoms in total. The van der Waals surface area contributed by atoms with E-state index in [4.69, 9.17) is 11.6 Å². The quantitative estimate of drug-likeness (QED) is 0.613. The molecule has 0 aliphatic heterocycles. The summed E-state index contributed by atoms with van der Waals surface area (Å²) < 4.78 is 0. The molecule has 0 spiro atoms. The van der Waals surface area contributed by atoms with Crippen LogP contribution < -0.4 is 10.6 Å². The Morgan fingerprint density at radius 2 is 1.76 bits per heavy atom. The van der Waals surface area contributed by atoms with Crippen molar-refractivity contribution in [1.82, 2.24) is 4.90 Å². The molecule has 0 saturated carbocycles. The number of thiophene rings is 1. The number of carbonyl (C=O) groups excluding carboxylic acids is 3. The Morgan fingerprint density at radius 3 is 2.45 bits per heavy atom. The van der Waals surface area contributed by atoms with Crippen molar-refractivity contribution in [2.75, 3.05) is 24.2 Å². The first kappa shape index (κ1) is 20.6. The fourth-order valence-corrected chi connectivity index (χ4v) is 3.36. The van der Waals surface area contributed by atoms with E-state index in [1.54, 1.807) is 35.7 Å². The molecule has 1 aromatic heterocycles. The number of hydrogen-bond acceptors (Lipinski definition) is 4. The van der Waals surface area contributed by atoms with E-state index in [9.17, 15) is 14.4 Å². The summed E-state index contributed by atoms with van der Waals surface area (Å²) in [7, 11) is 1.53. The van der Waals surface area contributed by atoms with Crippen LogP contribution in [0, 0.1) is 0 Å². The zero-order chi connectivity index (χ0) is 20.8. The third-order valence-electron chi connectivity index (χ3n) is 3.99. The van der Waals surface area contributed by atoms with Gasteiger partial charge in [0.1, 0.15) is 0 Å². The Kier molecular flexibility index (Phi) is 6.64. The minimum Gasteiger partial charge on any atom is -0.332 e. The summed E-state index contributed by atoms with van der Waals surface area (Å²) in [4.78, 5) is 39.0. The molecule has 0 saturated heterocycles. The molecule has 0 unspecified atom stereocenters. The van der Waals surface area contributed by atoms with Crippen molar-refractivity contribution in [2.24, 2.45) is 0 Å². The Bertz CT molecular complexity index is 1020. The molecule has 29 heavy (non-hydrogen) atoms. The molecular formula is C21H18ClN3O3S. The fourth-order valence-electron chi connectivity index (χ4n) is 2.58. The lowest BCUT2D eigenvalue weighted by molar-refractivity contribution is -0.116. The van der Waals surface area contributed by atoms with Crippen LogP contribution in [-0.2, 0) is 4.79 Å². The fraction of sp³-hybridized carbons (Fsp3) is 0.0952. The maximum Gasteiger partial charge on any atom is 0.265 e. The van der Waals surface area contributed by atoms with Crippen LogP contribution >= 0.6 is 22.9 Å². The summed E-state index contributed by atoms with van der Waals surface area (Å²) in [6, 6.07) is 17.1. The van der Waals surface area contributed by atoms with Crippen molar-refractivity contribution in [3.63, 3.8) is 0 Å². The van der Waals surface area contributed by atoms with Crippen molar-refractivity contribution in [1.29, 1.82) is 0 Å². The number of benzene rings is 2. The van der Waals surface area contributed by atoms with Gasteiger partial charge in [-0.3, -0.25) is 14.4 Å². The van der Waals surface area contributed by atoms with Gasteiger partial charge in [0, 0.05) is 18.3 Å². The molecule has 0 aliphatic carbocycles. The standard InChI is InChI=1S/C21H18ClN3O3S/c1-25(13-19(26)23-15-6-3-2-4-7-15)21(28)14-9-10-16(22)17(12-14)24-20(27)18-8-5-11-29-18/h2-12H,13H2,1H3,(H,23,26)(H,24,27). The van der Waals surface area contributed by atoms with E-state index < -0.39 is 0 Å². The summed E-state index contributed by atoms with van der Waals surface area (Å²) in [5, 5.41) is 7.55. The second-order valence-corrected chi connectivity index (χ2v) is 7.56. The molecule has 3 aromatic rings. The molecule has 0 radical (unpaired) electrons. The van der Waals surface area contributed by atoms with Gasteiger partial charge in [-0.05, 0) is 41.8 Å². The number of nitrogens with zero attached hydrogens (tertiary/aromatic N) is 1. The van der Waals surface area contributed by atoms with Gasteiger partial charge in [0.25, 0.3) is 11.8 Å². The van der Waals surface area contributed by atoms with Crippen molar-refractivity contribution in [3.8, 4) is 0 Å². The van der Waals surface area contributed by atoms with Gasteiger partial charge in [0.15, 0.2) is 0 Å². The van der Waals surface area contributed by atoms with Crippen molar-refractivity contribution < 1.29 is 14.4 Å². The number of rotatable bonds is 6. The number of hydrogen-bond donors (Lipinski definition) is 2. The number of anilines is 2. The van der Waals surface area contributed by atoms with Crippen molar-refractivity contribution in [3.05, 3.63) is 81.5 Å². The topological polar surface area (TPSA) is 78.5 Å². The number of nitrogens with one attached hydrogen (secondary N) is 2. The molecule has 1 heterocycles. The molecule has 0 aliphatic rings. The van der Waals surface area contributed by atoms with Crippen molar-refractivity contribution >= 4 is 52.0 Å². The third-order valence-corrected chi connectivity index (χ3v) is 5.19. The number of para-hydroxylation sites is 1. The van der Waals surface area contributed by atoms with E-state index in [0.29, 0.717) is 26.8 Å². The van der Waals surface area contributed by atoms with Gasteiger partial charge in [-0.15, -0.1) is 11.3 Å². The number of carbonyl (C=O) groups is 3. The summed E-state index contributed by atoms with van der Waals surface area (Å²) in [5.41, 5.74) is 1.30. The lowest BCUT2D eigenvalue weighted by Gasteiger charge is -2.18. The number of likely N-dealkylation sites (N-methyl/N-ethyl adjacent to an activating group) is 1. The maximum absolute atomic E-state index is 12.7. The van der Waals surface area contributed by atoms with Gasteiger partial charge < -0.3 is 15.5 Å². The van der Waals surface area contributed by atoms with Crippen LogP contribution in [0.25, 0.3) is 0 Å². The minimum atomic E-state index is -0.364. The Balaban J connectivity index is 1.66. The molecule has 2 aromatic carbocycles. The molecule has 2 N–H and O–H groups in total. The molecule has 148 valence electrons. The molecule has 3 rings (SSSR count). The lowest BCUT2D eigenvalue weighted by atomic mass is 10.1. The van der Waals surface area contributed by atoms with Crippen LogP contribution in [0.3, 0.4) is 0 Å². The van der Waals surface area contributed by atoms with E-state index >= 15 is 0 Å². The molecular weight excluding hydrogens is 410 g/mol. The van der Waals surface area contributed by atoms with Gasteiger partial charge in [0.05, 0.1) is 22.1 Å². The average Bonchev–Trinajstić information content (AvgIpc) is 3.24. The monoisotopic (exact) mass is 427 g/mol. The number of halogens is 1. The zero-order valence-corrected chi connectivity index (χ0v) is 17.1. The smallest absolute Gasteiger partial charge is 0.265 e. The van der Waals surface area contributed by atoms with Gasteiger partial charge in [-0.25, -0.2) is 0 Å². The molecule has 0 atom stereocenters. The Morgan fingerprint density at radius 1 is 1.00 bits per heavy atom. The van der Waals surface area contributed by atoms with Crippen LogP contribution in [0.15, 0.2) is 66.0 Å². The highest BCUT2D eigenvalue weighted by molar-refractivity contribution is 7.12. The largest absolute Gasteiger partial charge is 0.332 e. The van der Waals surface area contributed by atoms with Gasteiger partial charge in [-0.1, -0.05) is 35.9 Å². The van der Waals surface area contributed by atoms with Crippen LogP contribution in [0.1, 0.15) is 20.0 Å². The molecule has 0 fully saturated rings. The normalized spacial score (nSPS) is 10.3. The van der Waals surface area contributed by atoms with Crippen LogP contribution in [0.5, 0.6) is 0 Å². The third kappa shape index (κ3) is 5.43. The first-order chi connectivity index (χ1) is 13.9. The summed E-state index contributed by atoms with van der Waals surface area (Å²) in [6.07, 6.45) is 0. The molecule has 3 amide bonds. The highest BCUT2D eigenvalue weighted by atomic mass is 35.5. The van der Waals surface area contributed by atoms with Gasteiger partial charge >= 0.3 is 0 Å². The highest BCUT2D eigenvalue weighted by Gasteiger charge is 2.17.